The topological polar surface area (TPSA) is 170 Å². The lowest BCUT2D eigenvalue weighted by Crippen LogP contribution is -2.57. The van der Waals surface area contributed by atoms with Crippen molar-refractivity contribution < 1.29 is 33.8 Å². The molecule has 13 nitrogen and oxygen atoms in total. The summed E-state index contributed by atoms with van der Waals surface area (Å²) in [5.74, 6) is -1.31. The average Bonchev–Trinajstić information content (AvgIpc) is 3.85. The fourth-order valence-electron chi connectivity index (χ4n) is 6.84. The van der Waals surface area contributed by atoms with E-state index in [1.807, 2.05) is 85.2 Å². The lowest BCUT2D eigenvalue weighted by atomic mass is 9.85. The summed E-state index contributed by atoms with van der Waals surface area (Å²) in [5, 5.41) is 19.5. The van der Waals surface area contributed by atoms with Crippen LogP contribution < -0.4 is 16.0 Å². The van der Waals surface area contributed by atoms with Gasteiger partial charge >= 0.3 is 6.09 Å². The number of carbonyl (C=O) groups is 5. The Labute approximate surface area is 324 Å². The molecule has 1 unspecified atom stereocenters. The minimum atomic E-state index is -0.886. The van der Waals surface area contributed by atoms with Crippen LogP contribution in [0.1, 0.15) is 111 Å². The van der Waals surface area contributed by atoms with Gasteiger partial charge in [0.25, 0.3) is 0 Å². The van der Waals surface area contributed by atoms with Gasteiger partial charge in [-0.3, -0.25) is 19.2 Å². The molecule has 5 amide bonds. The maximum atomic E-state index is 14.0. The van der Waals surface area contributed by atoms with E-state index in [4.69, 9.17) is 4.74 Å². The maximum Gasteiger partial charge on any atom is 0.410 e. The smallest absolute Gasteiger partial charge is 0.410 e. The molecule has 0 aliphatic carbocycles. The van der Waals surface area contributed by atoms with Crippen molar-refractivity contribution in [1.29, 1.82) is 0 Å². The van der Waals surface area contributed by atoms with Crippen molar-refractivity contribution >= 4 is 41.1 Å². The second kappa shape index (κ2) is 18.5. The summed E-state index contributed by atoms with van der Waals surface area (Å²) in [7, 11) is 0. The zero-order valence-corrected chi connectivity index (χ0v) is 34.0. The van der Waals surface area contributed by atoms with Crippen LogP contribution in [0.5, 0.6) is 0 Å². The molecular formula is C40H60N6O7S. The normalized spacial score (nSPS) is 20.0. The molecule has 0 spiro atoms. The van der Waals surface area contributed by atoms with Gasteiger partial charge in [0.05, 0.1) is 34.1 Å². The van der Waals surface area contributed by atoms with Crippen LogP contribution >= 0.6 is 11.3 Å². The molecule has 0 saturated carbocycles. The minimum absolute atomic E-state index is 0.00985. The van der Waals surface area contributed by atoms with Crippen molar-refractivity contribution in [2.24, 2.45) is 11.3 Å². The Morgan fingerprint density at radius 1 is 0.963 bits per heavy atom. The molecule has 2 aromatic rings. The number of aliphatic hydroxyl groups is 1. The summed E-state index contributed by atoms with van der Waals surface area (Å²) >= 11 is 1.58. The molecule has 3 heterocycles. The largest absolute Gasteiger partial charge is 0.444 e. The Morgan fingerprint density at radius 2 is 1.65 bits per heavy atom. The summed E-state index contributed by atoms with van der Waals surface area (Å²) in [6, 6.07) is 5.86. The van der Waals surface area contributed by atoms with E-state index in [9.17, 15) is 29.1 Å². The predicted octanol–water partition coefficient (Wildman–Crippen LogP) is 5.11. The number of hydrogen-bond donors (Lipinski definition) is 4. The first kappa shape index (κ1) is 42.7. The number of β-amino-alcohol motifs (C(OH)–C–C–N with tert-alkyl or cyclic N) is 1. The average molecular weight is 769 g/mol. The van der Waals surface area contributed by atoms with Gasteiger partial charge in [0.2, 0.25) is 23.6 Å². The first-order chi connectivity index (χ1) is 25.3. The molecule has 14 heteroatoms. The van der Waals surface area contributed by atoms with E-state index >= 15 is 0 Å². The zero-order valence-electron chi connectivity index (χ0n) is 33.2. The molecule has 2 saturated heterocycles. The van der Waals surface area contributed by atoms with Gasteiger partial charge in [0.1, 0.15) is 17.7 Å². The molecule has 2 fully saturated rings. The van der Waals surface area contributed by atoms with Gasteiger partial charge in [-0.25, -0.2) is 9.78 Å². The van der Waals surface area contributed by atoms with Crippen LogP contribution in [0.3, 0.4) is 0 Å². The van der Waals surface area contributed by atoms with Crippen molar-refractivity contribution in [3.8, 4) is 10.4 Å². The van der Waals surface area contributed by atoms with Gasteiger partial charge in [-0.1, -0.05) is 57.9 Å². The van der Waals surface area contributed by atoms with Gasteiger partial charge in [-0.2, -0.15) is 0 Å². The lowest BCUT2D eigenvalue weighted by Gasteiger charge is -2.35. The lowest BCUT2D eigenvalue weighted by molar-refractivity contribution is -0.144. The van der Waals surface area contributed by atoms with Crippen LogP contribution in [0.4, 0.5) is 4.79 Å². The number of thiazole rings is 1. The van der Waals surface area contributed by atoms with E-state index in [0.29, 0.717) is 32.5 Å². The van der Waals surface area contributed by atoms with Gasteiger partial charge in [-0.15, -0.1) is 11.3 Å². The molecule has 1 aromatic heterocycles. The maximum absolute atomic E-state index is 14.0. The number of amides is 5. The van der Waals surface area contributed by atoms with Crippen molar-refractivity contribution in [2.45, 2.75) is 130 Å². The molecule has 5 atom stereocenters. The van der Waals surface area contributed by atoms with E-state index in [1.54, 1.807) is 16.2 Å². The molecule has 54 heavy (non-hydrogen) atoms. The van der Waals surface area contributed by atoms with Crippen LogP contribution in [-0.2, 0) is 23.9 Å². The Balaban J connectivity index is 1.20. The number of nitrogens with one attached hydrogen (secondary N) is 3. The van der Waals surface area contributed by atoms with Crippen molar-refractivity contribution in [1.82, 2.24) is 30.7 Å². The third-order valence-electron chi connectivity index (χ3n) is 9.90. The summed E-state index contributed by atoms with van der Waals surface area (Å²) in [5.41, 5.74) is 3.52. The first-order valence-corrected chi connectivity index (χ1v) is 20.1. The van der Waals surface area contributed by atoms with Crippen LogP contribution in [0, 0.1) is 18.3 Å². The Kier molecular flexibility index (Phi) is 14.7. The fourth-order valence-corrected chi connectivity index (χ4v) is 7.65. The minimum Gasteiger partial charge on any atom is -0.444 e. The highest BCUT2D eigenvalue weighted by atomic mass is 32.1. The van der Waals surface area contributed by atoms with Crippen LogP contribution in [0.25, 0.3) is 10.4 Å². The zero-order chi connectivity index (χ0) is 39.8. The summed E-state index contributed by atoms with van der Waals surface area (Å²) in [6.45, 7) is 16.3. The van der Waals surface area contributed by atoms with Crippen LogP contribution in [-0.4, -0.2) is 99.6 Å². The Morgan fingerprint density at radius 3 is 2.28 bits per heavy atom. The number of benzene rings is 1. The molecule has 4 N–H and O–H groups in total. The van der Waals surface area contributed by atoms with E-state index in [1.165, 1.54) is 4.90 Å². The molecule has 4 rings (SSSR count). The number of aliphatic hydroxyl groups excluding tert-OH is 1. The van der Waals surface area contributed by atoms with E-state index < -0.39 is 41.2 Å². The highest BCUT2D eigenvalue weighted by Gasteiger charge is 2.44. The van der Waals surface area contributed by atoms with Crippen LogP contribution in [0.2, 0.25) is 0 Å². The second-order valence-electron chi connectivity index (χ2n) is 16.7. The van der Waals surface area contributed by atoms with Gasteiger partial charge in [-0.05, 0) is 70.4 Å². The monoisotopic (exact) mass is 768 g/mol. The predicted molar refractivity (Wildman–Crippen MR) is 208 cm³/mol. The van der Waals surface area contributed by atoms with E-state index in [0.717, 1.165) is 41.0 Å². The Bertz CT molecular complexity index is 1620. The third-order valence-corrected chi connectivity index (χ3v) is 10.9. The number of carbonyl (C=O) groups excluding carboxylic acids is 5. The number of likely N-dealkylation sites (tertiary alicyclic amines) is 2. The number of aryl methyl sites for hydroxylation is 1. The van der Waals surface area contributed by atoms with Crippen molar-refractivity contribution in [3.63, 3.8) is 0 Å². The number of nitrogens with zero attached hydrogens (tertiary/aromatic N) is 3. The SMILES string of the molecule is Cc1ncsc1-c1ccc([C@H](C)NC(=O)[C@@H]2C[C@@H](O)CN2C(=O)[C@@H](NC(=O)CCCCCCNC(=O)C2CCN(C(=O)OC(C)(C)C)C2)C(C)(C)C)cc1. The van der Waals surface area contributed by atoms with Crippen molar-refractivity contribution in [3.05, 3.63) is 41.0 Å². The number of aromatic nitrogens is 1. The number of ether oxygens (including phenoxy) is 1. The molecule has 1 aromatic carbocycles. The third kappa shape index (κ3) is 12.0. The van der Waals surface area contributed by atoms with Crippen molar-refractivity contribution in [2.75, 3.05) is 26.2 Å². The van der Waals surface area contributed by atoms with E-state index in [2.05, 4.69) is 20.9 Å². The van der Waals surface area contributed by atoms with E-state index in [-0.39, 0.29) is 49.1 Å². The Hall–Kier alpha value is -4.04. The first-order valence-electron chi connectivity index (χ1n) is 19.2. The fraction of sp³-hybridized carbons (Fsp3) is 0.650. The standard InChI is InChI=1S/C40H60N6O7S/c1-25(27-14-16-28(17-15-27)33-26(2)42-24-54-33)43-36(50)31-21-30(47)23-46(31)37(51)34(39(3,4)5)44-32(48)13-11-9-10-12-19-41-35(49)29-18-20-45(22-29)38(52)53-40(6,7)8/h14-17,24-25,29-31,34,47H,9-13,18-23H2,1-8H3,(H,41,49)(H,43,50)(H,44,48)/t25-,29?,30+,31-,34+/m0/s1. The quantitative estimate of drug-likeness (QED) is 0.192. The molecule has 0 bridgehead atoms. The summed E-state index contributed by atoms with van der Waals surface area (Å²) in [6.07, 6.45) is 2.69. The highest BCUT2D eigenvalue weighted by Crippen LogP contribution is 2.30. The van der Waals surface area contributed by atoms with Gasteiger partial charge in [0, 0.05) is 39.0 Å². The molecule has 0 radical (unpaired) electrons. The molecule has 2 aliphatic rings. The summed E-state index contributed by atoms with van der Waals surface area (Å²) in [4.78, 5) is 74.0. The molecular weight excluding hydrogens is 709 g/mol. The molecule has 298 valence electrons. The van der Waals surface area contributed by atoms with Crippen LogP contribution in [0.15, 0.2) is 29.8 Å². The number of rotatable bonds is 14. The summed E-state index contributed by atoms with van der Waals surface area (Å²) < 4.78 is 5.41. The highest BCUT2D eigenvalue weighted by molar-refractivity contribution is 7.13. The number of hydrogen-bond acceptors (Lipinski definition) is 9. The molecule has 2 aliphatic heterocycles. The number of unbranched alkanes of at least 4 members (excludes halogenated alkanes) is 3. The van der Waals surface area contributed by atoms with Gasteiger partial charge in [0.15, 0.2) is 0 Å². The second-order valence-corrected chi connectivity index (χ2v) is 17.6. The van der Waals surface area contributed by atoms with Gasteiger partial charge < -0.3 is 35.6 Å².